The summed E-state index contributed by atoms with van der Waals surface area (Å²) in [5, 5.41) is 9.52. The van der Waals surface area contributed by atoms with Gasteiger partial charge in [0.1, 0.15) is 5.75 Å². The molecule has 2 aromatic rings. The molecule has 0 saturated carbocycles. The van der Waals surface area contributed by atoms with Gasteiger partial charge in [-0.2, -0.15) is 0 Å². The molecule has 2 heterocycles. The molecule has 1 atom stereocenters. The van der Waals surface area contributed by atoms with Crippen molar-refractivity contribution >= 4 is 5.91 Å². The Labute approximate surface area is 160 Å². The SMILES string of the molecule is CCOc1ccccc1CN1CCN(C(=O)c2ccncc2)C[C@H]1CCO. The number of benzene rings is 1. The summed E-state index contributed by atoms with van der Waals surface area (Å²) in [6, 6.07) is 11.7. The van der Waals surface area contributed by atoms with Gasteiger partial charge in [-0.1, -0.05) is 18.2 Å². The number of hydrogen-bond donors (Lipinski definition) is 1. The fraction of sp³-hybridized carbons (Fsp3) is 0.429. The average Bonchev–Trinajstić information content (AvgIpc) is 2.71. The number of aromatic nitrogens is 1. The molecule has 27 heavy (non-hydrogen) atoms. The van der Waals surface area contributed by atoms with E-state index < -0.39 is 0 Å². The monoisotopic (exact) mass is 369 g/mol. The van der Waals surface area contributed by atoms with E-state index in [0.717, 1.165) is 24.4 Å². The zero-order valence-electron chi connectivity index (χ0n) is 15.8. The number of aliphatic hydroxyl groups is 1. The summed E-state index contributed by atoms with van der Waals surface area (Å²) in [6.45, 7) is 5.50. The Balaban J connectivity index is 1.70. The van der Waals surface area contributed by atoms with Gasteiger partial charge in [-0.3, -0.25) is 14.7 Å². The number of rotatable bonds is 7. The molecule has 3 rings (SSSR count). The second kappa shape index (κ2) is 9.48. The van der Waals surface area contributed by atoms with Crippen LogP contribution < -0.4 is 4.74 Å². The highest BCUT2D eigenvalue weighted by Crippen LogP contribution is 2.24. The molecule has 1 N–H and O–H groups in total. The van der Waals surface area contributed by atoms with Crippen molar-refractivity contribution < 1.29 is 14.6 Å². The minimum Gasteiger partial charge on any atom is -0.494 e. The molecular formula is C21H27N3O3. The molecule has 1 amide bonds. The maximum absolute atomic E-state index is 12.8. The van der Waals surface area contributed by atoms with Crippen LogP contribution in [0, 0.1) is 0 Å². The van der Waals surface area contributed by atoms with Crippen molar-refractivity contribution in [3.8, 4) is 5.75 Å². The van der Waals surface area contributed by atoms with Crippen molar-refractivity contribution in [2.45, 2.75) is 25.9 Å². The standard InChI is InChI=1S/C21H27N3O3/c1-2-27-20-6-4-3-5-18(20)15-23-12-13-24(16-19(23)9-14-25)21(26)17-7-10-22-11-8-17/h3-8,10-11,19,25H,2,9,12-16H2,1H3/t19-/m1/s1. The molecule has 1 saturated heterocycles. The molecular weight excluding hydrogens is 342 g/mol. The van der Waals surface area contributed by atoms with E-state index in [1.165, 1.54) is 0 Å². The van der Waals surface area contributed by atoms with Gasteiger partial charge in [-0.25, -0.2) is 0 Å². The van der Waals surface area contributed by atoms with E-state index in [1.54, 1.807) is 24.5 Å². The minimum atomic E-state index is 0.0229. The van der Waals surface area contributed by atoms with Gasteiger partial charge in [-0.15, -0.1) is 0 Å². The van der Waals surface area contributed by atoms with Crippen LogP contribution in [0.2, 0.25) is 0 Å². The second-order valence-electron chi connectivity index (χ2n) is 6.66. The molecule has 6 nitrogen and oxygen atoms in total. The number of carbonyl (C=O) groups excluding carboxylic acids is 1. The zero-order valence-corrected chi connectivity index (χ0v) is 15.8. The van der Waals surface area contributed by atoms with E-state index in [9.17, 15) is 9.90 Å². The molecule has 1 aromatic carbocycles. The number of piperazine rings is 1. The number of para-hydroxylation sites is 1. The lowest BCUT2D eigenvalue weighted by molar-refractivity contribution is 0.0392. The number of amides is 1. The van der Waals surface area contributed by atoms with Crippen molar-refractivity contribution in [3.63, 3.8) is 0 Å². The van der Waals surface area contributed by atoms with Crippen molar-refractivity contribution in [3.05, 3.63) is 59.9 Å². The van der Waals surface area contributed by atoms with Gasteiger partial charge in [0.25, 0.3) is 5.91 Å². The molecule has 0 radical (unpaired) electrons. The Kier molecular flexibility index (Phi) is 6.79. The molecule has 1 aromatic heterocycles. The summed E-state index contributed by atoms with van der Waals surface area (Å²) in [7, 11) is 0. The molecule has 6 heteroatoms. The second-order valence-corrected chi connectivity index (χ2v) is 6.66. The quantitative estimate of drug-likeness (QED) is 0.810. The summed E-state index contributed by atoms with van der Waals surface area (Å²) in [5.74, 6) is 0.924. The lowest BCUT2D eigenvalue weighted by Gasteiger charge is -2.41. The molecule has 0 aliphatic carbocycles. The molecule has 1 aliphatic rings. The Morgan fingerprint density at radius 3 is 2.74 bits per heavy atom. The van der Waals surface area contributed by atoms with Crippen molar-refractivity contribution in [2.24, 2.45) is 0 Å². The van der Waals surface area contributed by atoms with Crippen LogP contribution in [0.25, 0.3) is 0 Å². The summed E-state index contributed by atoms with van der Waals surface area (Å²) in [4.78, 5) is 20.9. The molecule has 0 unspecified atom stereocenters. The van der Waals surface area contributed by atoms with E-state index >= 15 is 0 Å². The first-order valence-electron chi connectivity index (χ1n) is 9.47. The number of carbonyl (C=O) groups is 1. The number of nitrogens with zero attached hydrogens (tertiary/aromatic N) is 3. The van der Waals surface area contributed by atoms with Gasteiger partial charge in [0.2, 0.25) is 0 Å². The smallest absolute Gasteiger partial charge is 0.254 e. The summed E-state index contributed by atoms with van der Waals surface area (Å²) >= 11 is 0. The van der Waals surface area contributed by atoms with Gasteiger partial charge >= 0.3 is 0 Å². The van der Waals surface area contributed by atoms with Crippen LogP contribution in [-0.4, -0.2) is 64.7 Å². The Bertz CT molecular complexity index is 738. The lowest BCUT2D eigenvalue weighted by Crippen LogP contribution is -2.54. The van der Waals surface area contributed by atoms with Gasteiger partial charge in [0.15, 0.2) is 0 Å². The van der Waals surface area contributed by atoms with Crippen LogP contribution in [0.4, 0.5) is 0 Å². The van der Waals surface area contributed by atoms with Crippen molar-refractivity contribution in [1.82, 2.24) is 14.8 Å². The zero-order chi connectivity index (χ0) is 19.1. The first-order chi connectivity index (χ1) is 13.2. The Morgan fingerprint density at radius 2 is 2.00 bits per heavy atom. The van der Waals surface area contributed by atoms with Crippen molar-refractivity contribution in [1.29, 1.82) is 0 Å². The lowest BCUT2D eigenvalue weighted by atomic mass is 10.1. The molecule has 0 bridgehead atoms. The van der Waals surface area contributed by atoms with E-state index in [0.29, 0.717) is 31.7 Å². The van der Waals surface area contributed by atoms with Crippen LogP contribution in [0.15, 0.2) is 48.8 Å². The Hall–Kier alpha value is -2.44. The predicted molar refractivity (Wildman–Crippen MR) is 104 cm³/mol. The number of pyridine rings is 1. The summed E-state index contributed by atoms with van der Waals surface area (Å²) in [6.07, 6.45) is 3.91. The van der Waals surface area contributed by atoms with E-state index in [1.807, 2.05) is 30.0 Å². The molecule has 1 aliphatic heterocycles. The number of ether oxygens (including phenoxy) is 1. The third kappa shape index (κ3) is 4.84. The fourth-order valence-electron chi connectivity index (χ4n) is 3.54. The van der Waals surface area contributed by atoms with Gasteiger partial charge in [0.05, 0.1) is 6.61 Å². The van der Waals surface area contributed by atoms with E-state index in [4.69, 9.17) is 4.74 Å². The van der Waals surface area contributed by atoms with E-state index in [2.05, 4.69) is 16.0 Å². The van der Waals surface area contributed by atoms with Crippen LogP contribution >= 0.6 is 0 Å². The third-order valence-electron chi connectivity index (χ3n) is 4.93. The highest BCUT2D eigenvalue weighted by molar-refractivity contribution is 5.94. The summed E-state index contributed by atoms with van der Waals surface area (Å²) < 4.78 is 5.74. The molecule has 1 fully saturated rings. The molecule has 144 valence electrons. The minimum absolute atomic E-state index is 0.0229. The van der Waals surface area contributed by atoms with Gasteiger partial charge in [-0.05, 0) is 31.5 Å². The number of hydrogen-bond acceptors (Lipinski definition) is 5. The maximum atomic E-state index is 12.8. The van der Waals surface area contributed by atoms with Crippen LogP contribution in [-0.2, 0) is 6.54 Å². The van der Waals surface area contributed by atoms with Crippen LogP contribution in [0.1, 0.15) is 29.3 Å². The Morgan fingerprint density at radius 1 is 1.22 bits per heavy atom. The molecule has 0 spiro atoms. The average molecular weight is 369 g/mol. The van der Waals surface area contributed by atoms with Crippen LogP contribution in [0.3, 0.4) is 0 Å². The highest BCUT2D eigenvalue weighted by Gasteiger charge is 2.30. The van der Waals surface area contributed by atoms with Crippen LogP contribution in [0.5, 0.6) is 5.75 Å². The topological polar surface area (TPSA) is 65.9 Å². The first-order valence-corrected chi connectivity index (χ1v) is 9.47. The maximum Gasteiger partial charge on any atom is 0.254 e. The highest BCUT2D eigenvalue weighted by atomic mass is 16.5. The third-order valence-corrected chi connectivity index (χ3v) is 4.93. The normalized spacial score (nSPS) is 17.7. The van der Waals surface area contributed by atoms with E-state index in [-0.39, 0.29) is 18.6 Å². The van der Waals surface area contributed by atoms with Gasteiger partial charge < -0.3 is 14.7 Å². The van der Waals surface area contributed by atoms with Gasteiger partial charge in [0, 0.05) is 62.3 Å². The largest absolute Gasteiger partial charge is 0.494 e. The predicted octanol–water partition coefficient (Wildman–Crippen LogP) is 2.19. The first kappa shape index (κ1) is 19.3. The summed E-state index contributed by atoms with van der Waals surface area (Å²) in [5.41, 5.74) is 1.79. The fourth-order valence-corrected chi connectivity index (χ4v) is 3.54. The van der Waals surface area contributed by atoms with Crippen molar-refractivity contribution in [2.75, 3.05) is 32.8 Å². The number of aliphatic hydroxyl groups excluding tert-OH is 1.